The molecule has 1 aromatic rings. The highest BCUT2D eigenvalue weighted by Gasteiger charge is 2.37. The van der Waals surface area contributed by atoms with Gasteiger partial charge in [0.2, 0.25) is 0 Å². The van der Waals surface area contributed by atoms with E-state index in [0.29, 0.717) is 5.25 Å². The highest BCUT2D eigenvalue weighted by atomic mass is 79.9. The second-order valence-electron chi connectivity index (χ2n) is 4.18. The molecule has 2 heterocycles. The molecule has 3 rings (SSSR count). The molecule has 17 heavy (non-hydrogen) atoms. The van der Waals surface area contributed by atoms with Gasteiger partial charge in [0.1, 0.15) is 12.3 Å². The molecule has 0 aliphatic carbocycles. The second kappa shape index (κ2) is 5.36. The molecule has 1 atom stereocenters. The Balaban J connectivity index is 0.00000108. The van der Waals surface area contributed by atoms with E-state index in [0.717, 1.165) is 13.1 Å². The summed E-state index contributed by atoms with van der Waals surface area (Å²) < 4.78 is 2.40. The van der Waals surface area contributed by atoms with Crippen molar-refractivity contribution < 1.29 is 21.6 Å². The number of hydrogen-bond donors (Lipinski definition) is 0. The van der Waals surface area contributed by atoms with Crippen LogP contribution in [-0.2, 0) is 0 Å². The maximum absolute atomic E-state index is 4.60. The van der Waals surface area contributed by atoms with Gasteiger partial charge >= 0.3 is 5.17 Å². The molecule has 2 nitrogen and oxygen atoms in total. The van der Waals surface area contributed by atoms with Crippen molar-refractivity contribution in [2.45, 2.75) is 18.6 Å². The molecule has 1 aromatic carbocycles. The van der Waals surface area contributed by atoms with Gasteiger partial charge in [0.25, 0.3) is 0 Å². The predicted octanol–water partition coefficient (Wildman–Crippen LogP) is -0.613. The fourth-order valence-electron chi connectivity index (χ4n) is 2.34. The number of halogens is 1. The summed E-state index contributed by atoms with van der Waals surface area (Å²) in [4.78, 5) is 4.60. The van der Waals surface area contributed by atoms with Crippen molar-refractivity contribution >= 4 is 22.6 Å². The van der Waals surface area contributed by atoms with Crippen LogP contribution in [0.5, 0.6) is 0 Å². The minimum atomic E-state index is 0. The first-order valence-corrected chi connectivity index (χ1v) is 6.65. The minimum absolute atomic E-state index is 0. The molecule has 0 radical (unpaired) electrons. The number of rotatable bonds is 1. The van der Waals surface area contributed by atoms with Crippen molar-refractivity contribution in [1.29, 1.82) is 0 Å². The molecular weight excluding hydrogens is 296 g/mol. The summed E-state index contributed by atoms with van der Waals surface area (Å²) in [6, 6.07) is 10.7. The molecule has 0 bridgehead atoms. The quantitative estimate of drug-likeness (QED) is 0.632. The predicted molar refractivity (Wildman–Crippen MR) is 69.7 cm³/mol. The van der Waals surface area contributed by atoms with E-state index in [1.807, 2.05) is 11.8 Å². The summed E-state index contributed by atoms with van der Waals surface area (Å²) in [5, 5.41) is 1.75. The van der Waals surface area contributed by atoms with Crippen LogP contribution in [0.2, 0.25) is 0 Å². The van der Waals surface area contributed by atoms with Crippen LogP contribution >= 0.6 is 11.8 Å². The molecule has 0 saturated heterocycles. The van der Waals surface area contributed by atoms with Gasteiger partial charge in [0.05, 0.1) is 11.8 Å². The van der Waals surface area contributed by atoms with Crippen LogP contribution < -0.4 is 17.0 Å². The van der Waals surface area contributed by atoms with E-state index in [-0.39, 0.29) is 17.0 Å². The summed E-state index contributed by atoms with van der Waals surface area (Å²) in [7, 11) is 0. The van der Waals surface area contributed by atoms with Crippen LogP contribution in [0.3, 0.4) is 0 Å². The van der Waals surface area contributed by atoms with Crippen LogP contribution in [0.15, 0.2) is 35.3 Å². The van der Waals surface area contributed by atoms with Gasteiger partial charge in [-0.25, -0.2) is 4.58 Å². The lowest BCUT2D eigenvalue weighted by Gasteiger charge is -2.08. The molecule has 2 aliphatic heterocycles. The molecule has 0 saturated carbocycles. The van der Waals surface area contributed by atoms with Crippen LogP contribution in [0.1, 0.15) is 18.9 Å². The normalized spacial score (nSPS) is 22.9. The Morgan fingerprint density at radius 3 is 2.82 bits per heavy atom. The number of nitrogens with zero attached hydrogens (tertiary/aromatic N) is 2. The van der Waals surface area contributed by atoms with Crippen molar-refractivity contribution in [2.75, 3.05) is 13.1 Å². The topological polar surface area (TPSA) is 15.4 Å². The van der Waals surface area contributed by atoms with E-state index >= 15 is 0 Å². The summed E-state index contributed by atoms with van der Waals surface area (Å²) in [5.41, 5.74) is 2.78. The minimum Gasteiger partial charge on any atom is -1.00 e. The summed E-state index contributed by atoms with van der Waals surface area (Å²) >= 11 is 1.89. The fourth-order valence-corrected chi connectivity index (χ4v) is 3.52. The molecule has 0 N–H and O–H groups in total. The Hall–Kier alpha value is -0.610. The van der Waals surface area contributed by atoms with E-state index in [9.17, 15) is 0 Å². The first-order valence-electron chi connectivity index (χ1n) is 5.77. The number of amidine groups is 1. The van der Waals surface area contributed by atoms with Crippen LogP contribution in [0.4, 0.5) is 0 Å². The molecule has 90 valence electrons. The maximum atomic E-state index is 4.60. The van der Waals surface area contributed by atoms with Crippen molar-refractivity contribution in [3.8, 4) is 0 Å². The van der Waals surface area contributed by atoms with Gasteiger partial charge in [-0.1, -0.05) is 35.3 Å². The van der Waals surface area contributed by atoms with E-state index in [1.54, 1.807) is 0 Å². The van der Waals surface area contributed by atoms with E-state index < -0.39 is 0 Å². The van der Waals surface area contributed by atoms with Gasteiger partial charge in [-0.05, 0) is 18.7 Å². The average Bonchev–Trinajstić information content (AvgIpc) is 2.66. The van der Waals surface area contributed by atoms with Crippen LogP contribution in [0.25, 0.3) is 0 Å². The zero-order valence-corrected chi connectivity index (χ0v) is 12.2. The third kappa shape index (κ3) is 2.33. The Morgan fingerprint density at radius 2 is 2.06 bits per heavy atom. The molecule has 0 spiro atoms. The number of aliphatic imine (C=N–C) groups is 1. The third-order valence-corrected chi connectivity index (χ3v) is 4.18. The van der Waals surface area contributed by atoms with E-state index in [4.69, 9.17) is 0 Å². The lowest BCUT2D eigenvalue weighted by molar-refractivity contribution is -0.405. The van der Waals surface area contributed by atoms with Gasteiger partial charge in [0.15, 0.2) is 0 Å². The van der Waals surface area contributed by atoms with Gasteiger partial charge in [-0.15, -0.1) is 0 Å². The number of fused-ring (bicyclic) bond motifs is 1. The number of hydrogen-bond acceptors (Lipinski definition) is 2. The molecule has 2 aliphatic rings. The highest BCUT2D eigenvalue weighted by molar-refractivity contribution is 8.14. The lowest BCUT2D eigenvalue weighted by Crippen LogP contribution is -3.00. The SMILES string of the molecule is CC1SC2=NCCC[N+]2=C1c1ccccc1.[Br-]. The van der Waals surface area contributed by atoms with E-state index in [2.05, 4.69) is 46.8 Å². The first-order chi connectivity index (χ1) is 7.86. The standard InChI is InChI=1S/C13H15N2S.BrH/c1-10-12(11-6-3-2-4-7-11)15-9-5-8-14-13(15)16-10;/h2-4,6-7,10H,5,8-9H2,1H3;1H/q+1;/p-1. The molecule has 4 heteroatoms. The summed E-state index contributed by atoms with van der Waals surface area (Å²) in [6.07, 6.45) is 1.17. The number of thioether (sulfide) groups is 1. The zero-order chi connectivity index (χ0) is 11.0. The zero-order valence-electron chi connectivity index (χ0n) is 9.77. The lowest BCUT2D eigenvalue weighted by atomic mass is 10.1. The smallest absolute Gasteiger partial charge is 0.354 e. The highest BCUT2D eigenvalue weighted by Crippen LogP contribution is 2.28. The first kappa shape index (κ1) is 12.8. The van der Waals surface area contributed by atoms with Crippen molar-refractivity contribution in [2.24, 2.45) is 4.99 Å². The van der Waals surface area contributed by atoms with Crippen LogP contribution in [0, 0.1) is 0 Å². The summed E-state index contributed by atoms with van der Waals surface area (Å²) in [6.45, 7) is 4.39. The Kier molecular flexibility index (Phi) is 4.05. The van der Waals surface area contributed by atoms with Crippen molar-refractivity contribution in [1.82, 2.24) is 0 Å². The Labute approximate surface area is 117 Å². The van der Waals surface area contributed by atoms with E-state index in [1.165, 1.54) is 22.9 Å². The van der Waals surface area contributed by atoms with Gasteiger partial charge < -0.3 is 17.0 Å². The Morgan fingerprint density at radius 1 is 1.29 bits per heavy atom. The molecular formula is C13H15BrN2S. The monoisotopic (exact) mass is 310 g/mol. The molecule has 1 unspecified atom stereocenters. The molecule has 0 amide bonds. The van der Waals surface area contributed by atoms with Gasteiger partial charge in [-0.2, -0.15) is 0 Å². The van der Waals surface area contributed by atoms with Gasteiger partial charge in [-0.3, -0.25) is 0 Å². The van der Waals surface area contributed by atoms with Gasteiger partial charge in [0, 0.05) is 12.0 Å². The average molecular weight is 311 g/mol. The number of benzene rings is 1. The van der Waals surface area contributed by atoms with Crippen LogP contribution in [-0.4, -0.2) is 33.8 Å². The van der Waals surface area contributed by atoms with Crippen molar-refractivity contribution in [3.63, 3.8) is 0 Å². The third-order valence-electron chi connectivity index (χ3n) is 3.05. The summed E-state index contributed by atoms with van der Waals surface area (Å²) in [5.74, 6) is 0. The van der Waals surface area contributed by atoms with Crippen molar-refractivity contribution in [3.05, 3.63) is 35.9 Å². The molecule has 0 aromatic heterocycles. The largest absolute Gasteiger partial charge is 1.00 e. The second-order valence-corrected chi connectivity index (χ2v) is 5.49. The Bertz CT molecular complexity index is 468. The maximum Gasteiger partial charge on any atom is 0.354 e. The molecule has 0 fully saturated rings. The fraction of sp³-hybridized carbons (Fsp3) is 0.385.